The standard InChI is InChI=1S/C16H19N3O3/c20-13(14-6-3-9-22-14)10-18-16(21)12-7-8-17-15(19-12)11-4-1-2-5-11/h3,6-9,11,13,20H,1-2,4-5,10H2,(H,18,21). The number of aromatic nitrogens is 2. The van der Waals surface area contributed by atoms with E-state index < -0.39 is 6.10 Å². The van der Waals surface area contributed by atoms with Crippen LogP contribution in [0.25, 0.3) is 0 Å². The van der Waals surface area contributed by atoms with Crippen LogP contribution < -0.4 is 5.32 Å². The van der Waals surface area contributed by atoms with Crippen molar-refractivity contribution >= 4 is 5.91 Å². The predicted molar refractivity (Wildman–Crippen MR) is 79.2 cm³/mol. The number of nitrogens with zero attached hydrogens (tertiary/aromatic N) is 2. The molecule has 1 fully saturated rings. The van der Waals surface area contributed by atoms with E-state index in [9.17, 15) is 9.90 Å². The van der Waals surface area contributed by atoms with Gasteiger partial charge in [-0.15, -0.1) is 0 Å². The van der Waals surface area contributed by atoms with Gasteiger partial charge in [0.15, 0.2) is 0 Å². The second-order valence-corrected chi connectivity index (χ2v) is 5.52. The number of hydrogen-bond donors (Lipinski definition) is 2. The Morgan fingerprint density at radius 3 is 2.95 bits per heavy atom. The molecule has 116 valence electrons. The van der Waals surface area contributed by atoms with Crippen molar-refractivity contribution in [2.75, 3.05) is 6.54 Å². The van der Waals surface area contributed by atoms with Crippen molar-refractivity contribution in [1.82, 2.24) is 15.3 Å². The van der Waals surface area contributed by atoms with Gasteiger partial charge in [0.1, 0.15) is 23.4 Å². The first kappa shape index (κ1) is 14.7. The number of amides is 1. The Labute approximate surface area is 128 Å². The number of hydrogen-bond acceptors (Lipinski definition) is 5. The number of furan rings is 1. The van der Waals surface area contributed by atoms with E-state index in [4.69, 9.17) is 4.42 Å². The fourth-order valence-corrected chi connectivity index (χ4v) is 2.74. The normalized spacial score (nSPS) is 16.6. The fourth-order valence-electron chi connectivity index (χ4n) is 2.74. The van der Waals surface area contributed by atoms with Crippen molar-refractivity contribution in [2.45, 2.75) is 37.7 Å². The first-order chi connectivity index (χ1) is 10.7. The second kappa shape index (κ2) is 6.70. The van der Waals surface area contributed by atoms with Gasteiger partial charge in [0.05, 0.1) is 12.8 Å². The third-order valence-corrected chi connectivity index (χ3v) is 3.95. The zero-order valence-electron chi connectivity index (χ0n) is 12.2. The molecule has 6 nitrogen and oxygen atoms in total. The number of carbonyl (C=O) groups is 1. The molecular formula is C16H19N3O3. The molecule has 2 aromatic rings. The summed E-state index contributed by atoms with van der Waals surface area (Å²) in [5.74, 6) is 1.22. The summed E-state index contributed by atoms with van der Waals surface area (Å²) in [6.07, 6.45) is 6.80. The van der Waals surface area contributed by atoms with Crippen LogP contribution in [0, 0.1) is 0 Å². The first-order valence-electron chi connectivity index (χ1n) is 7.56. The second-order valence-electron chi connectivity index (χ2n) is 5.52. The fraction of sp³-hybridized carbons (Fsp3) is 0.438. The molecule has 3 rings (SSSR count). The largest absolute Gasteiger partial charge is 0.467 e. The summed E-state index contributed by atoms with van der Waals surface area (Å²) in [7, 11) is 0. The Kier molecular flexibility index (Phi) is 4.48. The van der Waals surface area contributed by atoms with Gasteiger partial charge in [-0.1, -0.05) is 12.8 Å². The van der Waals surface area contributed by atoms with Crippen LogP contribution in [-0.4, -0.2) is 27.5 Å². The van der Waals surface area contributed by atoms with Crippen molar-refractivity contribution in [3.8, 4) is 0 Å². The minimum Gasteiger partial charge on any atom is -0.467 e. The topological polar surface area (TPSA) is 88.2 Å². The Balaban J connectivity index is 1.61. The lowest BCUT2D eigenvalue weighted by molar-refractivity contribution is 0.0895. The third kappa shape index (κ3) is 3.33. The van der Waals surface area contributed by atoms with Crippen molar-refractivity contribution in [3.05, 3.63) is 47.9 Å². The van der Waals surface area contributed by atoms with E-state index >= 15 is 0 Å². The summed E-state index contributed by atoms with van der Waals surface area (Å²) in [6, 6.07) is 4.95. The van der Waals surface area contributed by atoms with Gasteiger partial charge in [0, 0.05) is 12.1 Å². The molecule has 0 spiro atoms. The summed E-state index contributed by atoms with van der Waals surface area (Å²) in [4.78, 5) is 20.8. The molecule has 6 heteroatoms. The van der Waals surface area contributed by atoms with Crippen LogP contribution in [0.3, 0.4) is 0 Å². The highest BCUT2D eigenvalue weighted by Crippen LogP contribution is 2.31. The van der Waals surface area contributed by atoms with Crippen molar-refractivity contribution in [2.24, 2.45) is 0 Å². The van der Waals surface area contributed by atoms with Crippen LogP contribution in [-0.2, 0) is 0 Å². The maximum absolute atomic E-state index is 12.1. The molecule has 1 aliphatic carbocycles. The molecule has 1 saturated carbocycles. The van der Waals surface area contributed by atoms with Gasteiger partial charge in [0.25, 0.3) is 5.91 Å². The molecule has 0 saturated heterocycles. The number of aliphatic hydroxyl groups excluding tert-OH is 1. The number of aliphatic hydroxyl groups is 1. The summed E-state index contributed by atoms with van der Waals surface area (Å²) >= 11 is 0. The molecule has 22 heavy (non-hydrogen) atoms. The molecule has 1 amide bonds. The number of rotatable bonds is 5. The van der Waals surface area contributed by atoms with E-state index in [0.29, 0.717) is 17.4 Å². The molecule has 1 unspecified atom stereocenters. The Morgan fingerprint density at radius 2 is 2.23 bits per heavy atom. The van der Waals surface area contributed by atoms with E-state index in [1.165, 1.54) is 19.1 Å². The van der Waals surface area contributed by atoms with Gasteiger partial charge in [-0.25, -0.2) is 9.97 Å². The molecule has 0 radical (unpaired) electrons. The molecule has 0 aromatic carbocycles. The van der Waals surface area contributed by atoms with Crippen molar-refractivity contribution in [3.63, 3.8) is 0 Å². The maximum atomic E-state index is 12.1. The van der Waals surface area contributed by atoms with Crippen LogP contribution in [0.4, 0.5) is 0 Å². The van der Waals surface area contributed by atoms with Crippen molar-refractivity contribution < 1.29 is 14.3 Å². The first-order valence-corrected chi connectivity index (χ1v) is 7.56. The van der Waals surface area contributed by atoms with Gasteiger partial charge < -0.3 is 14.8 Å². The van der Waals surface area contributed by atoms with E-state index in [-0.39, 0.29) is 12.5 Å². The van der Waals surface area contributed by atoms with Crippen LogP contribution in [0.2, 0.25) is 0 Å². The number of nitrogens with one attached hydrogen (secondary N) is 1. The highest BCUT2D eigenvalue weighted by molar-refractivity contribution is 5.92. The zero-order valence-corrected chi connectivity index (χ0v) is 12.2. The summed E-state index contributed by atoms with van der Waals surface area (Å²) in [6.45, 7) is 0.0785. The average Bonchev–Trinajstić information content (AvgIpc) is 3.25. The van der Waals surface area contributed by atoms with Gasteiger partial charge in [-0.05, 0) is 31.0 Å². The SMILES string of the molecule is O=C(NCC(O)c1ccco1)c1ccnc(C2CCCC2)n1. The van der Waals surface area contributed by atoms with E-state index in [1.807, 2.05) is 0 Å². The van der Waals surface area contributed by atoms with Crippen LogP contribution in [0.5, 0.6) is 0 Å². The molecule has 1 aliphatic rings. The lowest BCUT2D eigenvalue weighted by Gasteiger charge is -2.11. The van der Waals surface area contributed by atoms with E-state index in [0.717, 1.165) is 18.7 Å². The molecular weight excluding hydrogens is 282 g/mol. The highest BCUT2D eigenvalue weighted by Gasteiger charge is 2.21. The minimum atomic E-state index is -0.866. The molecule has 0 bridgehead atoms. The van der Waals surface area contributed by atoms with Crippen LogP contribution in [0.1, 0.15) is 59.8 Å². The Hall–Kier alpha value is -2.21. The maximum Gasteiger partial charge on any atom is 0.270 e. The molecule has 2 aromatic heterocycles. The van der Waals surface area contributed by atoms with Gasteiger partial charge in [-0.3, -0.25) is 4.79 Å². The van der Waals surface area contributed by atoms with E-state index in [1.54, 1.807) is 24.4 Å². The highest BCUT2D eigenvalue weighted by atomic mass is 16.4. The Bertz CT molecular complexity index is 621. The minimum absolute atomic E-state index is 0.0785. The lowest BCUT2D eigenvalue weighted by Crippen LogP contribution is -2.29. The third-order valence-electron chi connectivity index (χ3n) is 3.95. The van der Waals surface area contributed by atoms with Gasteiger partial charge in [0.2, 0.25) is 0 Å². The van der Waals surface area contributed by atoms with E-state index in [2.05, 4.69) is 15.3 Å². The molecule has 1 atom stereocenters. The van der Waals surface area contributed by atoms with Crippen LogP contribution >= 0.6 is 0 Å². The lowest BCUT2D eigenvalue weighted by atomic mass is 10.1. The average molecular weight is 301 g/mol. The predicted octanol–water partition coefficient (Wildman–Crippen LogP) is 2.19. The van der Waals surface area contributed by atoms with Crippen molar-refractivity contribution in [1.29, 1.82) is 0 Å². The molecule has 0 aliphatic heterocycles. The number of carbonyl (C=O) groups excluding carboxylic acids is 1. The molecule has 2 N–H and O–H groups in total. The smallest absolute Gasteiger partial charge is 0.270 e. The zero-order chi connectivity index (χ0) is 15.4. The monoisotopic (exact) mass is 301 g/mol. The quantitative estimate of drug-likeness (QED) is 0.883. The Morgan fingerprint density at radius 1 is 1.41 bits per heavy atom. The summed E-state index contributed by atoms with van der Waals surface area (Å²) < 4.78 is 5.09. The summed E-state index contributed by atoms with van der Waals surface area (Å²) in [5, 5.41) is 12.6. The van der Waals surface area contributed by atoms with Gasteiger partial charge in [-0.2, -0.15) is 0 Å². The summed E-state index contributed by atoms with van der Waals surface area (Å²) in [5.41, 5.74) is 0.337. The van der Waals surface area contributed by atoms with Gasteiger partial charge >= 0.3 is 0 Å². The van der Waals surface area contributed by atoms with Crippen LogP contribution in [0.15, 0.2) is 35.1 Å². The molecule has 2 heterocycles.